The summed E-state index contributed by atoms with van der Waals surface area (Å²) < 4.78 is 0. The molecule has 6 heteroatoms. The van der Waals surface area contributed by atoms with E-state index in [4.69, 9.17) is 28.0 Å². The molecule has 0 aliphatic rings. The molecule has 0 saturated carbocycles. The highest BCUT2D eigenvalue weighted by molar-refractivity contribution is 6.35. The Bertz CT molecular complexity index is 1550. The van der Waals surface area contributed by atoms with Crippen LogP contribution in [0.2, 0.25) is 5.02 Å². The lowest BCUT2D eigenvalue weighted by Crippen LogP contribution is -2.13. The summed E-state index contributed by atoms with van der Waals surface area (Å²) in [5.41, 5.74) is 4.44. The molecule has 0 saturated heterocycles. The molecular formula is C25H15ClN4O. The minimum atomic E-state index is -0.228. The van der Waals surface area contributed by atoms with E-state index in [0.717, 1.165) is 16.5 Å². The molecule has 5 nitrogen and oxygen atoms in total. The van der Waals surface area contributed by atoms with Crippen LogP contribution in [0.3, 0.4) is 0 Å². The van der Waals surface area contributed by atoms with E-state index >= 15 is 0 Å². The van der Waals surface area contributed by atoms with Crippen molar-refractivity contribution in [2.45, 2.75) is 6.42 Å². The van der Waals surface area contributed by atoms with Gasteiger partial charge in [0.15, 0.2) is 11.2 Å². The molecule has 0 radical (unpaired) electrons. The molecule has 0 aliphatic carbocycles. The molecule has 0 aliphatic heterocycles. The first-order valence-corrected chi connectivity index (χ1v) is 9.99. The zero-order chi connectivity index (χ0) is 21.4. The van der Waals surface area contributed by atoms with Gasteiger partial charge in [-0.15, -0.1) is 12.3 Å². The second kappa shape index (κ2) is 7.67. The van der Waals surface area contributed by atoms with Crippen molar-refractivity contribution in [3.05, 3.63) is 87.8 Å². The van der Waals surface area contributed by atoms with E-state index in [9.17, 15) is 4.79 Å². The lowest BCUT2D eigenvalue weighted by Gasteiger charge is -2.12. The van der Waals surface area contributed by atoms with Gasteiger partial charge in [0.2, 0.25) is 5.43 Å². The Balaban J connectivity index is 1.86. The van der Waals surface area contributed by atoms with Crippen LogP contribution in [-0.4, -0.2) is 19.9 Å². The van der Waals surface area contributed by atoms with Crippen LogP contribution < -0.4 is 5.43 Å². The van der Waals surface area contributed by atoms with Crippen molar-refractivity contribution in [3.63, 3.8) is 0 Å². The average Bonchev–Trinajstić information content (AvgIpc) is 2.81. The Morgan fingerprint density at radius 1 is 0.968 bits per heavy atom. The van der Waals surface area contributed by atoms with Crippen LogP contribution in [0.15, 0.2) is 71.8 Å². The van der Waals surface area contributed by atoms with Crippen molar-refractivity contribution in [2.24, 2.45) is 0 Å². The predicted octanol–water partition coefficient (Wildman–Crippen LogP) is 5.03. The highest BCUT2D eigenvalue weighted by Gasteiger charge is 2.17. The predicted molar refractivity (Wildman–Crippen MR) is 124 cm³/mol. The number of rotatable bonds is 3. The van der Waals surface area contributed by atoms with Gasteiger partial charge in [0.25, 0.3) is 0 Å². The summed E-state index contributed by atoms with van der Waals surface area (Å²) in [5.74, 6) is 2.51. The van der Waals surface area contributed by atoms with Gasteiger partial charge in [0, 0.05) is 40.9 Å². The van der Waals surface area contributed by atoms with Crippen LogP contribution in [0.25, 0.3) is 44.6 Å². The number of nitrogens with zero attached hydrogens (tertiary/aromatic N) is 3. The number of fused-ring (bicyclic) bond motifs is 2. The molecule has 2 aromatic carbocycles. The Morgan fingerprint density at radius 2 is 1.77 bits per heavy atom. The zero-order valence-corrected chi connectivity index (χ0v) is 17.0. The first kappa shape index (κ1) is 19.0. The summed E-state index contributed by atoms with van der Waals surface area (Å²) in [6.45, 7) is 0. The summed E-state index contributed by atoms with van der Waals surface area (Å²) in [4.78, 5) is 29.9. The van der Waals surface area contributed by atoms with Crippen LogP contribution >= 0.6 is 11.6 Å². The number of hydrogen-bond donors (Lipinski definition) is 1. The average molecular weight is 423 g/mol. The van der Waals surface area contributed by atoms with E-state index in [-0.39, 0.29) is 17.4 Å². The van der Waals surface area contributed by atoms with E-state index in [0.29, 0.717) is 33.1 Å². The summed E-state index contributed by atoms with van der Waals surface area (Å²) in [5, 5.41) is 1.38. The van der Waals surface area contributed by atoms with E-state index in [1.54, 1.807) is 18.5 Å². The topological polar surface area (TPSA) is 71.5 Å². The Morgan fingerprint density at radius 3 is 2.58 bits per heavy atom. The largest absolute Gasteiger partial charge is 0.344 e. The molecule has 148 valence electrons. The quantitative estimate of drug-likeness (QED) is 0.414. The first-order valence-electron chi connectivity index (χ1n) is 9.61. The van der Waals surface area contributed by atoms with Crippen LogP contribution in [0.4, 0.5) is 0 Å². The number of pyridine rings is 2. The number of H-pyrrole nitrogens is 1. The third-order valence-corrected chi connectivity index (χ3v) is 5.35. The van der Waals surface area contributed by atoms with E-state index in [2.05, 4.69) is 15.9 Å². The molecule has 0 fully saturated rings. The molecule has 3 heterocycles. The van der Waals surface area contributed by atoms with E-state index in [1.165, 1.54) is 0 Å². The number of benzene rings is 2. The lowest BCUT2D eigenvalue weighted by molar-refractivity contribution is 1.16. The standard InChI is InChI=1S/C25H15ClN4O/c1-2-7-17-14-28-25-23(24(17)31)29-22(21(30-25)15-8-4-3-5-9-15)18-12-16-10-6-11-27-20(16)19(26)13-18/h1,3-6,8-14H,7H2,(H,28,30,31). The van der Waals surface area contributed by atoms with Crippen LogP contribution in [0, 0.1) is 12.3 Å². The zero-order valence-electron chi connectivity index (χ0n) is 16.3. The van der Waals surface area contributed by atoms with Crippen molar-refractivity contribution in [1.82, 2.24) is 19.9 Å². The van der Waals surface area contributed by atoms with E-state index in [1.807, 2.05) is 48.5 Å². The molecule has 0 bridgehead atoms. The first-order chi connectivity index (χ1) is 15.2. The fourth-order valence-corrected chi connectivity index (χ4v) is 3.87. The van der Waals surface area contributed by atoms with Gasteiger partial charge in [0.1, 0.15) is 0 Å². The second-order valence-corrected chi connectivity index (χ2v) is 7.45. The minimum absolute atomic E-state index is 0.218. The summed E-state index contributed by atoms with van der Waals surface area (Å²) in [6, 6.07) is 17.2. The van der Waals surface area contributed by atoms with Crippen LogP contribution in [-0.2, 0) is 6.42 Å². The van der Waals surface area contributed by atoms with E-state index < -0.39 is 0 Å². The van der Waals surface area contributed by atoms with Gasteiger partial charge in [0.05, 0.1) is 21.9 Å². The highest BCUT2D eigenvalue weighted by Crippen LogP contribution is 2.34. The number of aromatic amines is 1. The summed E-state index contributed by atoms with van der Waals surface area (Å²) in [6.07, 6.45) is 8.93. The van der Waals surface area contributed by atoms with Gasteiger partial charge < -0.3 is 4.98 Å². The Hall–Kier alpha value is -4.01. The highest BCUT2D eigenvalue weighted by atomic mass is 35.5. The molecule has 0 amide bonds. The fourth-order valence-electron chi connectivity index (χ4n) is 3.59. The van der Waals surface area contributed by atoms with Gasteiger partial charge in [-0.3, -0.25) is 9.78 Å². The monoisotopic (exact) mass is 422 g/mol. The van der Waals surface area contributed by atoms with Crippen molar-refractivity contribution in [3.8, 4) is 34.9 Å². The summed E-state index contributed by atoms with van der Waals surface area (Å²) in [7, 11) is 0. The van der Waals surface area contributed by atoms with Crippen molar-refractivity contribution in [1.29, 1.82) is 0 Å². The fraction of sp³-hybridized carbons (Fsp3) is 0.0400. The van der Waals surface area contributed by atoms with Gasteiger partial charge in [-0.1, -0.05) is 48.0 Å². The van der Waals surface area contributed by atoms with Crippen molar-refractivity contribution < 1.29 is 0 Å². The number of aromatic nitrogens is 4. The molecule has 31 heavy (non-hydrogen) atoms. The van der Waals surface area contributed by atoms with Crippen LogP contribution in [0.1, 0.15) is 5.56 Å². The van der Waals surface area contributed by atoms with Crippen molar-refractivity contribution in [2.75, 3.05) is 0 Å². The maximum atomic E-state index is 13.0. The SMILES string of the molecule is C#CCc1c[nH]c2nc(-c3ccccc3)c(-c3cc(Cl)c4ncccc4c3)nc2c1=O. The Labute approximate surface area is 182 Å². The molecule has 1 N–H and O–H groups in total. The summed E-state index contributed by atoms with van der Waals surface area (Å²) >= 11 is 6.53. The third kappa shape index (κ3) is 3.33. The molecule has 0 spiro atoms. The maximum Gasteiger partial charge on any atom is 0.213 e. The third-order valence-electron chi connectivity index (χ3n) is 5.06. The maximum absolute atomic E-state index is 13.0. The minimum Gasteiger partial charge on any atom is -0.344 e. The lowest BCUT2D eigenvalue weighted by atomic mass is 10.0. The molecule has 3 aromatic heterocycles. The number of nitrogens with one attached hydrogen (secondary N) is 1. The van der Waals surface area contributed by atoms with Gasteiger partial charge in [-0.25, -0.2) is 9.97 Å². The molecule has 5 rings (SSSR count). The molecule has 0 unspecified atom stereocenters. The van der Waals surface area contributed by atoms with Crippen molar-refractivity contribution >= 4 is 33.7 Å². The molecule has 5 aromatic rings. The van der Waals surface area contributed by atoms with Gasteiger partial charge in [-0.2, -0.15) is 0 Å². The smallest absolute Gasteiger partial charge is 0.213 e. The van der Waals surface area contributed by atoms with Crippen LogP contribution in [0.5, 0.6) is 0 Å². The molecule has 0 atom stereocenters. The number of halogens is 1. The number of terminal acetylenes is 1. The second-order valence-electron chi connectivity index (χ2n) is 7.04. The van der Waals surface area contributed by atoms with Gasteiger partial charge in [-0.05, 0) is 18.2 Å². The normalized spacial score (nSPS) is 11.0. The Kier molecular flexibility index (Phi) is 4.70. The van der Waals surface area contributed by atoms with Gasteiger partial charge >= 0.3 is 0 Å². The molecular weight excluding hydrogens is 408 g/mol. The number of hydrogen-bond acceptors (Lipinski definition) is 4.